The number of halogens is 1. The number of nitrogens with zero attached hydrogens (tertiary/aromatic N) is 1. The summed E-state index contributed by atoms with van der Waals surface area (Å²) in [5, 5.41) is 3.30. The van der Waals surface area contributed by atoms with Gasteiger partial charge >= 0.3 is 0 Å². The minimum absolute atomic E-state index is 0.0414. The Labute approximate surface area is 161 Å². The summed E-state index contributed by atoms with van der Waals surface area (Å²) in [5.41, 5.74) is 2.83. The number of benzene rings is 2. The standard InChI is InChI=1S/C20H15ClN2O2S/c1-2-11-23-19(25)17(18(24)22-20(23)26)12-13-3-5-14(6-4-13)15-7-9-16(21)10-8-15/h2-10,12H,1,11H2,(H,22,24,26)/b17-12+. The van der Waals surface area contributed by atoms with Crippen molar-refractivity contribution in [2.75, 3.05) is 6.54 Å². The molecule has 1 fully saturated rings. The van der Waals surface area contributed by atoms with Crippen LogP contribution in [-0.4, -0.2) is 28.4 Å². The number of carbonyl (C=O) groups excluding carboxylic acids is 2. The molecule has 2 aromatic carbocycles. The molecular weight excluding hydrogens is 368 g/mol. The summed E-state index contributed by atoms with van der Waals surface area (Å²) in [5.74, 6) is -0.928. The molecule has 1 aliphatic heterocycles. The Balaban J connectivity index is 1.87. The molecule has 0 radical (unpaired) electrons. The Hall–Kier alpha value is -2.76. The predicted molar refractivity (Wildman–Crippen MR) is 108 cm³/mol. The Morgan fingerprint density at radius 1 is 1.04 bits per heavy atom. The molecule has 0 atom stereocenters. The third-order valence-corrected chi connectivity index (χ3v) is 4.47. The van der Waals surface area contributed by atoms with E-state index < -0.39 is 11.8 Å². The fraction of sp³-hybridized carbons (Fsp3) is 0.0500. The van der Waals surface area contributed by atoms with Crippen molar-refractivity contribution in [3.8, 4) is 11.1 Å². The van der Waals surface area contributed by atoms with E-state index in [1.165, 1.54) is 4.90 Å². The van der Waals surface area contributed by atoms with Gasteiger partial charge in [-0.1, -0.05) is 54.1 Å². The van der Waals surface area contributed by atoms with Crippen molar-refractivity contribution in [1.29, 1.82) is 0 Å². The van der Waals surface area contributed by atoms with Crippen molar-refractivity contribution in [1.82, 2.24) is 10.2 Å². The van der Waals surface area contributed by atoms with E-state index in [0.29, 0.717) is 5.02 Å². The summed E-state index contributed by atoms with van der Waals surface area (Å²) in [6.45, 7) is 3.84. The summed E-state index contributed by atoms with van der Waals surface area (Å²) < 4.78 is 0. The maximum atomic E-state index is 12.5. The highest BCUT2D eigenvalue weighted by atomic mass is 35.5. The van der Waals surface area contributed by atoms with Crippen LogP contribution in [0.3, 0.4) is 0 Å². The number of amides is 2. The Bertz CT molecular complexity index is 918. The lowest BCUT2D eigenvalue weighted by molar-refractivity contribution is -0.128. The highest BCUT2D eigenvalue weighted by Crippen LogP contribution is 2.23. The van der Waals surface area contributed by atoms with Crippen molar-refractivity contribution in [3.05, 3.63) is 77.3 Å². The fourth-order valence-corrected chi connectivity index (χ4v) is 2.95. The van der Waals surface area contributed by atoms with E-state index in [9.17, 15) is 9.59 Å². The van der Waals surface area contributed by atoms with E-state index in [1.807, 2.05) is 48.5 Å². The van der Waals surface area contributed by atoms with Gasteiger partial charge in [-0.3, -0.25) is 19.8 Å². The van der Waals surface area contributed by atoms with E-state index >= 15 is 0 Å². The first kappa shape index (κ1) is 18.0. The van der Waals surface area contributed by atoms with Crippen LogP contribution in [0.25, 0.3) is 17.2 Å². The molecule has 1 heterocycles. The van der Waals surface area contributed by atoms with Gasteiger partial charge in [0.1, 0.15) is 5.57 Å². The molecule has 26 heavy (non-hydrogen) atoms. The molecule has 0 bridgehead atoms. The molecule has 1 N–H and O–H groups in total. The fourth-order valence-electron chi connectivity index (χ4n) is 2.57. The van der Waals surface area contributed by atoms with Crippen LogP contribution in [0.5, 0.6) is 0 Å². The normalized spacial score (nSPS) is 16.0. The van der Waals surface area contributed by atoms with Crippen LogP contribution in [-0.2, 0) is 9.59 Å². The lowest BCUT2D eigenvalue weighted by atomic mass is 10.0. The van der Waals surface area contributed by atoms with Crippen LogP contribution in [0.1, 0.15) is 5.56 Å². The zero-order valence-electron chi connectivity index (χ0n) is 13.7. The molecule has 0 unspecified atom stereocenters. The molecule has 0 aromatic heterocycles. The molecule has 2 amide bonds. The topological polar surface area (TPSA) is 49.4 Å². The second-order valence-corrected chi connectivity index (χ2v) is 6.47. The van der Waals surface area contributed by atoms with Gasteiger partial charge < -0.3 is 0 Å². The molecular formula is C20H15ClN2O2S. The largest absolute Gasteiger partial charge is 0.298 e. The first-order valence-electron chi connectivity index (χ1n) is 7.85. The van der Waals surface area contributed by atoms with Gasteiger partial charge in [0.15, 0.2) is 5.11 Å². The van der Waals surface area contributed by atoms with Gasteiger partial charge in [-0.15, -0.1) is 6.58 Å². The zero-order chi connectivity index (χ0) is 18.7. The molecule has 1 aliphatic rings. The van der Waals surface area contributed by atoms with E-state index in [2.05, 4.69) is 11.9 Å². The van der Waals surface area contributed by atoms with Crippen molar-refractivity contribution < 1.29 is 9.59 Å². The van der Waals surface area contributed by atoms with Crippen molar-refractivity contribution in [2.24, 2.45) is 0 Å². The molecule has 0 saturated carbocycles. The zero-order valence-corrected chi connectivity index (χ0v) is 15.3. The van der Waals surface area contributed by atoms with Gasteiger partial charge in [0.25, 0.3) is 11.8 Å². The monoisotopic (exact) mass is 382 g/mol. The van der Waals surface area contributed by atoms with E-state index in [-0.39, 0.29) is 17.2 Å². The minimum atomic E-state index is -0.498. The predicted octanol–water partition coefficient (Wildman–Crippen LogP) is 3.82. The smallest absolute Gasteiger partial charge is 0.265 e. The van der Waals surface area contributed by atoms with Crippen molar-refractivity contribution in [3.63, 3.8) is 0 Å². The third kappa shape index (κ3) is 3.74. The highest BCUT2D eigenvalue weighted by Gasteiger charge is 2.32. The molecule has 0 spiro atoms. The quantitative estimate of drug-likeness (QED) is 0.378. The average Bonchev–Trinajstić information content (AvgIpc) is 2.63. The highest BCUT2D eigenvalue weighted by molar-refractivity contribution is 7.80. The molecule has 6 heteroatoms. The second kappa shape index (κ2) is 7.64. The van der Waals surface area contributed by atoms with E-state index in [0.717, 1.165) is 16.7 Å². The van der Waals surface area contributed by atoms with Gasteiger partial charge in [0.05, 0.1) is 0 Å². The minimum Gasteiger partial charge on any atom is -0.298 e. The van der Waals surface area contributed by atoms with Crippen LogP contribution in [0.15, 0.2) is 66.8 Å². The second-order valence-electron chi connectivity index (χ2n) is 5.65. The summed E-state index contributed by atoms with van der Waals surface area (Å²) >= 11 is 10.9. The van der Waals surface area contributed by atoms with Crippen molar-refractivity contribution in [2.45, 2.75) is 0 Å². The molecule has 130 valence electrons. The molecule has 3 rings (SSSR count). The van der Waals surface area contributed by atoms with Crippen LogP contribution in [0.2, 0.25) is 5.02 Å². The maximum absolute atomic E-state index is 12.5. The number of carbonyl (C=O) groups is 2. The Kier molecular flexibility index (Phi) is 5.30. The SMILES string of the molecule is C=CCN1C(=O)/C(=C/c2ccc(-c3ccc(Cl)cc3)cc2)C(=O)NC1=S. The van der Waals surface area contributed by atoms with Crippen LogP contribution >= 0.6 is 23.8 Å². The van der Waals surface area contributed by atoms with Crippen LogP contribution in [0, 0.1) is 0 Å². The first-order valence-corrected chi connectivity index (χ1v) is 8.64. The van der Waals surface area contributed by atoms with Gasteiger partial charge in [-0.2, -0.15) is 0 Å². The van der Waals surface area contributed by atoms with E-state index in [1.54, 1.807) is 12.2 Å². The van der Waals surface area contributed by atoms with Gasteiger partial charge in [-0.25, -0.2) is 0 Å². The summed E-state index contributed by atoms with van der Waals surface area (Å²) in [7, 11) is 0. The summed E-state index contributed by atoms with van der Waals surface area (Å²) in [6, 6.07) is 15.1. The number of thiocarbonyl (C=S) groups is 1. The lowest BCUT2D eigenvalue weighted by Gasteiger charge is -2.27. The maximum Gasteiger partial charge on any atom is 0.265 e. The van der Waals surface area contributed by atoms with E-state index in [4.69, 9.17) is 23.8 Å². The Morgan fingerprint density at radius 3 is 2.19 bits per heavy atom. The van der Waals surface area contributed by atoms with Crippen LogP contribution < -0.4 is 5.32 Å². The first-order chi connectivity index (χ1) is 12.5. The lowest BCUT2D eigenvalue weighted by Crippen LogP contribution is -2.53. The summed E-state index contributed by atoms with van der Waals surface area (Å²) in [6.07, 6.45) is 3.11. The number of nitrogens with one attached hydrogen (secondary N) is 1. The number of hydrogen-bond donors (Lipinski definition) is 1. The number of rotatable bonds is 4. The Morgan fingerprint density at radius 2 is 1.62 bits per heavy atom. The van der Waals surface area contributed by atoms with Crippen LogP contribution in [0.4, 0.5) is 0 Å². The number of hydrogen-bond acceptors (Lipinski definition) is 3. The van der Waals surface area contributed by atoms with Crippen molar-refractivity contribution >= 4 is 46.8 Å². The third-order valence-electron chi connectivity index (χ3n) is 3.90. The van der Waals surface area contributed by atoms with Gasteiger partial charge in [-0.05, 0) is 47.1 Å². The summed E-state index contributed by atoms with van der Waals surface area (Å²) in [4.78, 5) is 26.0. The molecule has 4 nitrogen and oxygen atoms in total. The average molecular weight is 383 g/mol. The molecule has 0 aliphatic carbocycles. The van der Waals surface area contributed by atoms with Gasteiger partial charge in [0.2, 0.25) is 0 Å². The van der Waals surface area contributed by atoms with Gasteiger partial charge in [0, 0.05) is 11.6 Å². The molecule has 2 aromatic rings. The molecule has 1 saturated heterocycles.